The summed E-state index contributed by atoms with van der Waals surface area (Å²) < 4.78 is 31.4. The molecule has 0 saturated heterocycles. The van der Waals surface area contributed by atoms with Crippen molar-refractivity contribution in [3.05, 3.63) is 0 Å². The van der Waals surface area contributed by atoms with E-state index in [1.165, 1.54) is 0 Å². The van der Waals surface area contributed by atoms with Gasteiger partial charge in [-0.1, -0.05) is 13.8 Å². The third-order valence-corrected chi connectivity index (χ3v) is 3.93. The molecular weight excluding hydrogens is 260 g/mol. The second-order valence-electron chi connectivity index (χ2n) is 4.01. The fourth-order valence-corrected chi connectivity index (χ4v) is 2.18. The molecule has 0 aliphatic heterocycles. The molecule has 0 aromatic heterocycles. The molecule has 0 saturated carbocycles. The van der Waals surface area contributed by atoms with Gasteiger partial charge >= 0.3 is 16.3 Å². The highest BCUT2D eigenvalue weighted by atomic mass is 32.2. The van der Waals surface area contributed by atoms with E-state index in [0.717, 1.165) is 0 Å². The van der Waals surface area contributed by atoms with Crippen molar-refractivity contribution in [3.8, 4) is 0 Å². The molecule has 0 aliphatic rings. The Bertz CT molecular complexity index is 343. The maximum Gasteiger partial charge on any atom is 0.421 e. The highest BCUT2D eigenvalue weighted by molar-refractivity contribution is 7.88. The zero-order valence-corrected chi connectivity index (χ0v) is 11.8. The van der Waals surface area contributed by atoms with Crippen molar-refractivity contribution < 1.29 is 23.1 Å². The minimum Gasteiger partial charge on any atom is -0.449 e. The number of carbonyl (C=O) groups excluding carboxylic acids is 1. The summed E-state index contributed by atoms with van der Waals surface area (Å²) in [5.74, 6) is 0. The topological polar surface area (TPSA) is 105 Å². The quantitative estimate of drug-likeness (QED) is 0.596. The van der Waals surface area contributed by atoms with Crippen molar-refractivity contribution >= 4 is 16.3 Å². The minimum absolute atomic E-state index is 0.0608. The van der Waals surface area contributed by atoms with Crippen molar-refractivity contribution in [1.82, 2.24) is 9.44 Å². The number of hydrogen-bond acceptors (Lipinski definition) is 5. The van der Waals surface area contributed by atoms with Gasteiger partial charge in [0.15, 0.2) is 0 Å². The molecule has 0 aliphatic carbocycles. The standard InChI is InChI=1S/C10H22N2O5S/c1-4-10(5-2,8-13)7-11-18(15,16)12-9(14)17-6-3/h11,13H,4-8H2,1-3H3,(H,12,14). The third kappa shape index (κ3) is 5.65. The SMILES string of the molecule is CCOC(=O)NS(=O)(=O)NCC(CC)(CC)CO. The van der Waals surface area contributed by atoms with Crippen molar-refractivity contribution in [1.29, 1.82) is 0 Å². The van der Waals surface area contributed by atoms with E-state index in [1.807, 2.05) is 13.8 Å². The lowest BCUT2D eigenvalue weighted by Crippen LogP contribution is -2.46. The molecule has 0 aromatic rings. The predicted octanol–water partition coefficient (Wildman–Crippen LogP) is 0.366. The van der Waals surface area contributed by atoms with Gasteiger partial charge in [-0.05, 0) is 19.8 Å². The molecule has 108 valence electrons. The Hall–Kier alpha value is -0.860. The largest absolute Gasteiger partial charge is 0.449 e. The zero-order valence-electron chi connectivity index (χ0n) is 11.0. The smallest absolute Gasteiger partial charge is 0.421 e. The monoisotopic (exact) mass is 282 g/mol. The van der Waals surface area contributed by atoms with E-state index in [9.17, 15) is 18.3 Å². The van der Waals surface area contributed by atoms with Crippen LogP contribution in [0, 0.1) is 5.41 Å². The molecule has 0 spiro atoms. The van der Waals surface area contributed by atoms with Crippen molar-refractivity contribution in [2.45, 2.75) is 33.6 Å². The first-order valence-electron chi connectivity index (χ1n) is 5.89. The van der Waals surface area contributed by atoms with Gasteiger partial charge in [-0.2, -0.15) is 13.1 Å². The van der Waals surface area contributed by atoms with Gasteiger partial charge in [-0.25, -0.2) is 9.52 Å². The third-order valence-electron chi connectivity index (χ3n) is 2.97. The molecule has 0 heterocycles. The Balaban J connectivity index is 4.46. The molecule has 0 atom stereocenters. The molecular formula is C10H22N2O5S. The fourth-order valence-electron chi connectivity index (χ4n) is 1.33. The minimum atomic E-state index is -3.95. The van der Waals surface area contributed by atoms with Crippen LogP contribution in [0.3, 0.4) is 0 Å². The van der Waals surface area contributed by atoms with Crippen LogP contribution in [-0.2, 0) is 14.9 Å². The molecule has 0 radical (unpaired) electrons. The average Bonchev–Trinajstić information content (AvgIpc) is 2.31. The maximum absolute atomic E-state index is 11.5. The summed E-state index contributed by atoms with van der Waals surface area (Å²) in [5.41, 5.74) is -0.511. The number of aliphatic hydroxyl groups excluding tert-OH is 1. The molecule has 8 heteroatoms. The first kappa shape index (κ1) is 17.1. The van der Waals surface area contributed by atoms with Crippen molar-refractivity contribution in [2.75, 3.05) is 19.8 Å². The summed E-state index contributed by atoms with van der Waals surface area (Å²) in [6, 6.07) is 0. The lowest BCUT2D eigenvalue weighted by atomic mass is 9.84. The maximum atomic E-state index is 11.5. The van der Waals surface area contributed by atoms with Crippen LogP contribution >= 0.6 is 0 Å². The number of carbonyl (C=O) groups is 1. The van der Waals surface area contributed by atoms with Gasteiger partial charge in [0.05, 0.1) is 6.61 Å². The van der Waals surface area contributed by atoms with E-state index in [4.69, 9.17) is 0 Å². The van der Waals surface area contributed by atoms with Crippen LogP contribution in [0.2, 0.25) is 0 Å². The van der Waals surface area contributed by atoms with Crippen molar-refractivity contribution in [2.24, 2.45) is 5.41 Å². The van der Waals surface area contributed by atoms with Gasteiger partial charge in [0.2, 0.25) is 0 Å². The Morgan fingerprint density at radius 1 is 1.28 bits per heavy atom. The number of ether oxygens (including phenoxy) is 1. The summed E-state index contributed by atoms with van der Waals surface area (Å²) in [6.45, 7) is 5.34. The van der Waals surface area contributed by atoms with Crippen LogP contribution in [0.5, 0.6) is 0 Å². The lowest BCUT2D eigenvalue weighted by Gasteiger charge is -2.29. The highest BCUT2D eigenvalue weighted by Gasteiger charge is 2.27. The summed E-state index contributed by atoms with van der Waals surface area (Å²) in [6.07, 6.45) is 0.233. The molecule has 0 aromatic carbocycles. The van der Waals surface area contributed by atoms with E-state index in [0.29, 0.717) is 12.8 Å². The molecule has 0 bridgehead atoms. The van der Waals surface area contributed by atoms with Gasteiger partial charge in [-0.15, -0.1) is 0 Å². The summed E-state index contributed by atoms with van der Waals surface area (Å²) in [4.78, 5) is 11.0. The van der Waals surface area contributed by atoms with Gasteiger partial charge in [0.1, 0.15) is 0 Å². The van der Waals surface area contributed by atoms with E-state index in [1.54, 1.807) is 11.6 Å². The number of aliphatic hydroxyl groups is 1. The number of nitrogens with one attached hydrogen (secondary N) is 2. The van der Waals surface area contributed by atoms with E-state index >= 15 is 0 Å². The van der Waals surface area contributed by atoms with E-state index in [-0.39, 0.29) is 19.8 Å². The van der Waals surface area contributed by atoms with Crippen molar-refractivity contribution in [3.63, 3.8) is 0 Å². The summed E-state index contributed by atoms with van der Waals surface area (Å²) in [7, 11) is -3.95. The number of amides is 1. The Morgan fingerprint density at radius 3 is 2.22 bits per heavy atom. The molecule has 0 rings (SSSR count). The van der Waals surface area contributed by atoms with Gasteiger partial charge < -0.3 is 9.84 Å². The van der Waals surface area contributed by atoms with Gasteiger partial charge in [-0.3, -0.25) is 0 Å². The molecule has 3 N–H and O–H groups in total. The van der Waals surface area contributed by atoms with Crippen LogP contribution in [0.4, 0.5) is 4.79 Å². The van der Waals surface area contributed by atoms with E-state index in [2.05, 4.69) is 9.46 Å². The Labute approximate surface area is 108 Å². The fraction of sp³-hybridized carbons (Fsp3) is 0.900. The van der Waals surface area contributed by atoms with Crippen LogP contribution < -0.4 is 9.44 Å². The second kappa shape index (κ2) is 7.55. The molecule has 1 amide bonds. The predicted molar refractivity (Wildman–Crippen MR) is 67.2 cm³/mol. The summed E-state index contributed by atoms with van der Waals surface area (Å²) in [5, 5.41) is 9.29. The Kier molecular flexibility index (Phi) is 7.19. The van der Waals surface area contributed by atoms with E-state index < -0.39 is 21.7 Å². The highest BCUT2D eigenvalue weighted by Crippen LogP contribution is 2.24. The zero-order chi connectivity index (χ0) is 14.2. The first-order chi connectivity index (χ1) is 8.34. The number of rotatable bonds is 8. The molecule has 0 unspecified atom stereocenters. The van der Waals surface area contributed by atoms with Crippen LogP contribution in [-0.4, -0.2) is 39.4 Å². The number of hydrogen-bond donors (Lipinski definition) is 3. The lowest BCUT2D eigenvalue weighted by molar-refractivity contribution is 0.119. The summed E-state index contributed by atoms with van der Waals surface area (Å²) >= 11 is 0. The van der Waals surface area contributed by atoms with Gasteiger partial charge in [0, 0.05) is 18.6 Å². The molecule has 0 fully saturated rings. The average molecular weight is 282 g/mol. The Morgan fingerprint density at radius 2 is 1.83 bits per heavy atom. The van der Waals surface area contributed by atoms with Crippen LogP contribution in [0.1, 0.15) is 33.6 Å². The first-order valence-corrected chi connectivity index (χ1v) is 7.38. The molecule has 18 heavy (non-hydrogen) atoms. The molecule has 7 nitrogen and oxygen atoms in total. The second-order valence-corrected chi connectivity index (χ2v) is 5.51. The van der Waals surface area contributed by atoms with Gasteiger partial charge in [0.25, 0.3) is 0 Å². The van der Waals surface area contributed by atoms with Crippen LogP contribution in [0.25, 0.3) is 0 Å². The van der Waals surface area contributed by atoms with Crippen LogP contribution in [0.15, 0.2) is 0 Å². The normalized spacial score (nSPS) is 12.2.